The lowest BCUT2D eigenvalue weighted by Gasteiger charge is -2.11. The number of alkyl halides is 3. The first kappa shape index (κ1) is 22.7. The van der Waals surface area contributed by atoms with Crippen molar-refractivity contribution in [2.75, 3.05) is 0 Å². The van der Waals surface area contributed by atoms with E-state index in [4.69, 9.17) is 34.0 Å². The van der Waals surface area contributed by atoms with Crippen LogP contribution in [0.15, 0.2) is 48.7 Å². The van der Waals surface area contributed by atoms with Gasteiger partial charge in [0.1, 0.15) is 11.4 Å². The van der Waals surface area contributed by atoms with Crippen molar-refractivity contribution in [1.82, 2.24) is 9.78 Å². The molecular formula is C18H13Cl2F4N3O2. The average Bonchev–Trinajstić information content (AvgIpc) is 3.09. The zero-order valence-corrected chi connectivity index (χ0v) is 15.9. The van der Waals surface area contributed by atoms with E-state index in [2.05, 4.69) is 5.10 Å². The molecule has 0 aliphatic carbocycles. The summed E-state index contributed by atoms with van der Waals surface area (Å²) in [5.41, 5.74) is 3.84. The molecule has 0 bridgehead atoms. The Balaban J connectivity index is 0.000000253. The molecule has 154 valence electrons. The van der Waals surface area contributed by atoms with E-state index in [0.29, 0.717) is 27.5 Å². The molecular weight excluding hydrogens is 437 g/mol. The fourth-order valence-electron chi connectivity index (χ4n) is 2.24. The van der Waals surface area contributed by atoms with Gasteiger partial charge in [-0.1, -0.05) is 29.3 Å². The molecule has 3 N–H and O–H groups in total. The number of aromatic nitrogens is 2. The molecule has 0 amide bonds. The largest absolute Gasteiger partial charge is 0.478 e. The predicted molar refractivity (Wildman–Crippen MR) is 99.8 cm³/mol. The number of hydrogen-bond acceptors (Lipinski definition) is 3. The Hall–Kier alpha value is -2.62. The number of halogens is 6. The van der Waals surface area contributed by atoms with Gasteiger partial charge in [0, 0.05) is 16.6 Å². The van der Waals surface area contributed by atoms with Gasteiger partial charge in [-0.05, 0) is 42.0 Å². The minimum Gasteiger partial charge on any atom is -0.478 e. The first-order chi connectivity index (χ1) is 13.5. The van der Waals surface area contributed by atoms with Crippen LogP contribution in [-0.4, -0.2) is 20.9 Å². The van der Waals surface area contributed by atoms with Gasteiger partial charge in [0.25, 0.3) is 0 Å². The van der Waals surface area contributed by atoms with Crippen LogP contribution in [0.4, 0.5) is 17.6 Å². The summed E-state index contributed by atoms with van der Waals surface area (Å²) in [7, 11) is 0. The molecule has 0 saturated heterocycles. The smallest absolute Gasteiger partial charge is 0.434 e. The summed E-state index contributed by atoms with van der Waals surface area (Å²) in [6.45, 7) is 0.454. The highest BCUT2D eigenvalue weighted by atomic mass is 35.5. The summed E-state index contributed by atoms with van der Waals surface area (Å²) in [5.74, 6) is -2.36. The molecule has 0 fully saturated rings. The van der Waals surface area contributed by atoms with Crippen molar-refractivity contribution in [3.8, 4) is 5.69 Å². The monoisotopic (exact) mass is 449 g/mol. The molecule has 3 rings (SSSR count). The molecule has 29 heavy (non-hydrogen) atoms. The fraction of sp³-hybridized carbons (Fsp3) is 0.111. The molecule has 0 saturated carbocycles. The van der Waals surface area contributed by atoms with Crippen molar-refractivity contribution < 1.29 is 27.5 Å². The number of carboxylic acid groups (broad SMARTS) is 1. The Labute approximate surface area is 172 Å². The molecule has 5 nitrogen and oxygen atoms in total. The third kappa shape index (κ3) is 5.69. The van der Waals surface area contributed by atoms with Crippen LogP contribution in [-0.2, 0) is 12.7 Å². The van der Waals surface area contributed by atoms with Crippen LogP contribution < -0.4 is 5.73 Å². The Bertz CT molecular complexity index is 1010. The van der Waals surface area contributed by atoms with Crippen LogP contribution in [0, 0.1) is 5.82 Å². The molecule has 0 aliphatic rings. The summed E-state index contributed by atoms with van der Waals surface area (Å²) in [6, 6.07) is 9.34. The number of hydrogen-bond donors (Lipinski definition) is 2. The molecule has 0 radical (unpaired) electrons. The van der Waals surface area contributed by atoms with E-state index >= 15 is 0 Å². The lowest BCUT2D eigenvalue weighted by molar-refractivity contribution is -0.143. The Morgan fingerprint density at radius 1 is 1.14 bits per heavy atom. The van der Waals surface area contributed by atoms with Gasteiger partial charge in [-0.15, -0.1) is 0 Å². The van der Waals surface area contributed by atoms with Crippen LogP contribution in [0.1, 0.15) is 21.6 Å². The van der Waals surface area contributed by atoms with Gasteiger partial charge in [0.15, 0.2) is 5.69 Å². The average molecular weight is 450 g/mol. The van der Waals surface area contributed by atoms with Gasteiger partial charge in [-0.3, -0.25) is 0 Å². The zero-order chi connectivity index (χ0) is 21.8. The molecule has 2 aromatic carbocycles. The minimum absolute atomic E-state index is 0.0822. The number of nitrogens with zero attached hydrogens (tertiary/aromatic N) is 2. The topological polar surface area (TPSA) is 81.1 Å². The quantitative estimate of drug-likeness (QED) is 0.539. The van der Waals surface area contributed by atoms with Gasteiger partial charge in [0.2, 0.25) is 0 Å². The van der Waals surface area contributed by atoms with E-state index in [1.54, 1.807) is 12.1 Å². The van der Waals surface area contributed by atoms with Gasteiger partial charge < -0.3 is 10.8 Å². The first-order valence-electron chi connectivity index (χ1n) is 7.83. The van der Waals surface area contributed by atoms with Crippen molar-refractivity contribution in [2.24, 2.45) is 5.73 Å². The summed E-state index contributed by atoms with van der Waals surface area (Å²) >= 11 is 11.4. The third-order valence-corrected chi connectivity index (χ3v) is 4.16. The summed E-state index contributed by atoms with van der Waals surface area (Å²) in [4.78, 5) is 10.8. The van der Waals surface area contributed by atoms with Gasteiger partial charge in [0.05, 0.1) is 11.9 Å². The lowest BCUT2D eigenvalue weighted by Crippen LogP contribution is -2.17. The molecule has 1 heterocycles. The van der Waals surface area contributed by atoms with Crippen LogP contribution in [0.3, 0.4) is 0 Å². The van der Waals surface area contributed by atoms with Crippen molar-refractivity contribution in [2.45, 2.75) is 12.7 Å². The van der Waals surface area contributed by atoms with Crippen molar-refractivity contribution in [1.29, 1.82) is 0 Å². The van der Waals surface area contributed by atoms with Crippen LogP contribution in [0.5, 0.6) is 0 Å². The van der Waals surface area contributed by atoms with Gasteiger partial charge >= 0.3 is 12.1 Å². The molecule has 0 aliphatic heterocycles. The molecule has 0 unspecified atom stereocenters. The zero-order valence-electron chi connectivity index (χ0n) is 14.4. The Morgan fingerprint density at radius 2 is 1.76 bits per heavy atom. The van der Waals surface area contributed by atoms with E-state index in [9.17, 15) is 22.4 Å². The summed E-state index contributed by atoms with van der Waals surface area (Å²) < 4.78 is 51.8. The number of carboxylic acids is 1. The Kier molecular flexibility index (Phi) is 7.23. The van der Waals surface area contributed by atoms with Gasteiger partial charge in [-0.25, -0.2) is 13.9 Å². The van der Waals surface area contributed by atoms with E-state index in [0.717, 1.165) is 29.8 Å². The maximum absolute atomic E-state index is 12.9. The van der Waals surface area contributed by atoms with Gasteiger partial charge in [-0.2, -0.15) is 18.3 Å². The maximum atomic E-state index is 12.9. The lowest BCUT2D eigenvalue weighted by atomic mass is 10.2. The highest BCUT2D eigenvalue weighted by Gasteiger charge is 2.40. The molecule has 0 spiro atoms. The number of benzene rings is 2. The summed E-state index contributed by atoms with van der Waals surface area (Å²) in [6.07, 6.45) is -4.28. The van der Waals surface area contributed by atoms with Crippen molar-refractivity contribution in [3.05, 3.63) is 81.3 Å². The fourth-order valence-corrected chi connectivity index (χ4v) is 2.73. The number of carbonyl (C=O) groups is 1. The molecule has 11 heteroatoms. The molecule has 0 atom stereocenters. The molecule has 1 aromatic heterocycles. The van der Waals surface area contributed by atoms with E-state index in [1.807, 2.05) is 6.07 Å². The van der Waals surface area contributed by atoms with Crippen LogP contribution >= 0.6 is 23.2 Å². The maximum Gasteiger partial charge on any atom is 0.434 e. The van der Waals surface area contributed by atoms with Crippen LogP contribution in [0.2, 0.25) is 10.0 Å². The highest BCUT2D eigenvalue weighted by Crippen LogP contribution is 2.33. The number of rotatable bonds is 3. The van der Waals surface area contributed by atoms with E-state index < -0.39 is 29.2 Å². The van der Waals surface area contributed by atoms with E-state index in [-0.39, 0.29) is 5.69 Å². The second-order valence-electron chi connectivity index (χ2n) is 5.54. The standard InChI is InChI=1S/C11H6F4N2O2.C7H7Cl2N/c12-6-1-3-7(4-2-6)17-9(11(13,14)15)8(5-16-17)10(18)19;8-6-2-1-5(4-10)7(9)3-6/h1-5H,(H,18,19);1-3H,4,10H2. The predicted octanol–water partition coefficient (Wildman–Crippen LogP) is 5.18. The minimum atomic E-state index is -4.89. The summed E-state index contributed by atoms with van der Waals surface area (Å²) in [5, 5.41) is 13.4. The first-order valence-corrected chi connectivity index (χ1v) is 8.58. The third-order valence-electron chi connectivity index (χ3n) is 3.57. The molecule has 3 aromatic rings. The van der Waals surface area contributed by atoms with Crippen molar-refractivity contribution >= 4 is 29.2 Å². The second-order valence-corrected chi connectivity index (χ2v) is 6.38. The van der Waals surface area contributed by atoms with Crippen molar-refractivity contribution in [3.63, 3.8) is 0 Å². The number of aromatic carboxylic acids is 1. The highest BCUT2D eigenvalue weighted by molar-refractivity contribution is 6.35. The number of nitrogens with two attached hydrogens (primary N) is 1. The van der Waals surface area contributed by atoms with E-state index in [1.165, 1.54) is 0 Å². The normalized spacial score (nSPS) is 11.0. The Morgan fingerprint density at radius 3 is 2.24 bits per heavy atom. The SMILES string of the molecule is NCc1ccc(Cl)cc1Cl.O=C(O)c1cnn(-c2ccc(F)cc2)c1C(F)(F)F. The van der Waals surface area contributed by atoms with Crippen LogP contribution in [0.25, 0.3) is 5.69 Å². The second kappa shape index (κ2) is 9.25.